The van der Waals surface area contributed by atoms with Crippen LogP contribution in [0, 0.1) is 0 Å². The zero-order chi connectivity index (χ0) is 10.4. The molecule has 1 aromatic heterocycles. The minimum atomic E-state index is 0.168. The third-order valence-electron chi connectivity index (χ3n) is 1.70. The molecule has 1 aromatic rings. The van der Waals surface area contributed by atoms with E-state index in [9.17, 15) is 0 Å². The Morgan fingerprint density at radius 1 is 1.64 bits per heavy atom. The third kappa shape index (κ3) is 3.14. The van der Waals surface area contributed by atoms with Crippen LogP contribution in [0.25, 0.3) is 6.08 Å². The monoisotopic (exact) mass is 193 g/mol. The van der Waals surface area contributed by atoms with E-state index in [2.05, 4.69) is 9.97 Å². The first-order valence-electron chi connectivity index (χ1n) is 4.50. The molecule has 0 amide bonds. The van der Waals surface area contributed by atoms with Gasteiger partial charge in [-0.3, -0.25) is 0 Å². The highest BCUT2D eigenvalue weighted by Gasteiger charge is 1.98. The van der Waals surface area contributed by atoms with Gasteiger partial charge in [0.2, 0.25) is 5.88 Å². The van der Waals surface area contributed by atoms with Crippen LogP contribution < -0.4 is 10.5 Å². The standard InChI is InChI=1S/C10H15N3O/c1-8(11)4-3-5-9-6-12-7-13-10(9)14-2/h3,5-8H,4,11H2,1-2H3/b5-3+/t8-/m0/s1. The van der Waals surface area contributed by atoms with E-state index in [1.807, 2.05) is 19.1 Å². The van der Waals surface area contributed by atoms with Crippen molar-refractivity contribution < 1.29 is 4.74 Å². The number of rotatable bonds is 4. The molecule has 0 saturated carbocycles. The van der Waals surface area contributed by atoms with Gasteiger partial charge in [0.05, 0.1) is 12.7 Å². The van der Waals surface area contributed by atoms with Crippen molar-refractivity contribution in [3.05, 3.63) is 24.2 Å². The lowest BCUT2D eigenvalue weighted by atomic mass is 10.2. The van der Waals surface area contributed by atoms with E-state index in [4.69, 9.17) is 10.5 Å². The zero-order valence-electron chi connectivity index (χ0n) is 8.47. The quantitative estimate of drug-likeness (QED) is 0.781. The van der Waals surface area contributed by atoms with Crippen molar-refractivity contribution in [3.8, 4) is 5.88 Å². The van der Waals surface area contributed by atoms with Gasteiger partial charge in [-0.15, -0.1) is 0 Å². The van der Waals surface area contributed by atoms with E-state index in [0.717, 1.165) is 12.0 Å². The Labute approximate surface area is 83.8 Å². The van der Waals surface area contributed by atoms with Crippen LogP contribution in [0.15, 0.2) is 18.6 Å². The minimum Gasteiger partial charge on any atom is -0.480 e. The van der Waals surface area contributed by atoms with Crippen LogP contribution in [0.4, 0.5) is 0 Å². The highest BCUT2D eigenvalue weighted by Crippen LogP contribution is 2.14. The molecule has 1 heterocycles. The fourth-order valence-electron chi connectivity index (χ4n) is 1.02. The molecule has 4 nitrogen and oxygen atoms in total. The van der Waals surface area contributed by atoms with Gasteiger partial charge in [-0.25, -0.2) is 9.97 Å². The van der Waals surface area contributed by atoms with Crippen molar-refractivity contribution in [2.75, 3.05) is 7.11 Å². The summed E-state index contributed by atoms with van der Waals surface area (Å²) in [5.41, 5.74) is 6.48. The molecule has 1 atom stereocenters. The van der Waals surface area contributed by atoms with Crippen molar-refractivity contribution in [1.82, 2.24) is 9.97 Å². The Morgan fingerprint density at radius 2 is 2.43 bits per heavy atom. The van der Waals surface area contributed by atoms with Crippen LogP contribution in [0.3, 0.4) is 0 Å². The van der Waals surface area contributed by atoms with E-state index in [1.54, 1.807) is 13.3 Å². The van der Waals surface area contributed by atoms with E-state index in [0.29, 0.717) is 5.88 Å². The van der Waals surface area contributed by atoms with Gasteiger partial charge in [0.25, 0.3) is 0 Å². The van der Waals surface area contributed by atoms with Gasteiger partial charge in [-0.2, -0.15) is 0 Å². The van der Waals surface area contributed by atoms with E-state index < -0.39 is 0 Å². The summed E-state index contributed by atoms with van der Waals surface area (Å²) < 4.78 is 5.07. The van der Waals surface area contributed by atoms with Crippen LogP contribution in [0.2, 0.25) is 0 Å². The Hall–Kier alpha value is -1.42. The normalized spacial score (nSPS) is 13.1. The van der Waals surface area contributed by atoms with Gasteiger partial charge >= 0.3 is 0 Å². The average molecular weight is 193 g/mol. The second-order valence-electron chi connectivity index (χ2n) is 3.10. The lowest BCUT2D eigenvalue weighted by Gasteiger charge is -2.01. The van der Waals surface area contributed by atoms with E-state index in [1.165, 1.54) is 6.33 Å². The Kier molecular flexibility index (Phi) is 4.07. The molecule has 0 fully saturated rings. The highest BCUT2D eigenvalue weighted by atomic mass is 16.5. The third-order valence-corrected chi connectivity index (χ3v) is 1.70. The molecule has 0 aliphatic heterocycles. The summed E-state index contributed by atoms with van der Waals surface area (Å²) in [6, 6.07) is 0.168. The number of hydrogen-bond donors (Lipinski definition) is 1. The molecule has 0 aliphatic rings. The van der Waals surface area contributed by atoms with Gasteiger partial charge in [-0.05, 0) is 13.3 Å². The van der Waals surface area contributed by atoms with Crippen molar-refractivity contribution in [3.63, 3.8) is 0 Å². The maximum atomic E-state index is 5.61. The molecule has 0 saturated heterocycles. The van der Waals surface area contributed by atoms with Crippen molar-refractivity contribution >= 4 is 6.08 Å². The summed E-state index contributed by atoms with van der Waals surface area (Å²) in [6.45, 7) is 1.96. The molecular weight excluding hydrogens is 178 g/mol. The van der Waals surface area contributed by atoms with Crippen LogP contribution in [-0.2, 0) is 0 Å². The molecule has 1 rings (SSSR count). The van der Waals surface area contributed by atoms with Gasteiger partial charge in [0, 0.05) is 12.2 Å². The molecule has 2 N–H and O–H groups in total. The van der Waals surface area contributed by atoms with E-state index >= 15 is 0 Å². The van der Waals surface area contributed by atoms with Crippen molar-refractivity contribution in [1.29, 1.82) is 0 Å². The summed E-state index contributed by atoms with van der Waals surface area (Å²) >= 11 is 0. The average Bonchev–Trinajstić information content (AvgIpc) is 2.18. The summed E-state index contributed by atoms with van der Waals surface area (Å²) in [4.78, 5) is 7.90. The number of nitrogens with two attached hydrogens (primary N) is 1. The second-order valence-corrected chi connectivity index (χ2v) is 3.10. The Balaban J connectivity index is 2.70. The van der Waals surface area contributed by atoms with Gasteiger partial charge in [0.15, 0.2) is 0 Å². The van der Waals surface area contributed by atoms with Crippen molar-refractivity contribution in [2.24, 2.45) is 5.73 Å². The zero-order valence-corrected chi connectivity index (χ0v) is 8.47. The first-order valence-corrected chi connectivity index (χ1v) is 4.50. The van der Waals surface area contributed by atoms with Crippen LogP contribution in [-0.4, -0.2) is 23.1 Å². The predicted molar refractivity (Wildman–Crippen MR) is 55.9 cm³/mol. The number of ether oxygens (including phenoxy) is 1. The van der Waals surface area contributed by atoms with Crippen LogP contribution >= 0.6 is 0 Å². The van der Waals surface area contributed by atoms with Crippen LogP contribution in [0.1, 0.15) is 18.9 Å². The fourth-order valence-corrected chi connectivity index (χ4v) is 1.02. The van der Waals surface area contributed by atoms with Gasteiger partial charge < -0.3 is 10.5 Å². The molecule has 0 aromatic carbocycles. The summed E-state index contributed by atoms with van der Waals surface area (Å²) in [7, 11) is 1.59. The Morgan fingerprint density at radius 3 is 3.07 bits per heavy atom. The molecule has 76 valence electrons. The summed E-state index contributed by atoms with van der Waals surface area (Å²) in [5, 5.41) is 0. The summed E-state index contributed by atoms with van der Waals surface area (Å²) in [6.07, 6.45) is 7.91. The first kappa shape index (κ1) is 10.7. The highest BCUT2D eigenvalue weighted by molar-refractivity contribution is 5.53. The molecular formula is C10H15N3O. The van der Waals surface area contributed by atoms with Crippen molar-refractivity contribution in [2.45, 2.75) is 19.4 Å². The molecule has 0 spiro atoms. The van der Waals surface area contributed by atoms with Gasteiger partial charge in [0.1, 0.15) is 6.33 Å². The fraction of sp³-hybridized carbons (Fsp3) is 0.400. The number of nitrogens with zero attached hydrogens (tertiary/aromatic N) is 2. The maximum absolute atomic E-state index is 5.61. The smallest absolute Gasteiger partial charge is 0.223 e. The largest absolute Gasteiger partial charge is 0.480 e. The number of methoxy groups -OCH3 is 1. The molecule has 0 unspecified atom stereocenters. The van der Waals surface area contributed by atoms with Gasteiger partial charge in [-0.1, -0.05) is 12.2 Å². The Bertz CT molecular complexity index is 310. The molecule has 4 heteroatoms. The summed E-state index contributed by atoms with van der Waals surface area (Å²) in [5.74, 6) is 0.584. The second kappa shape index (κ2) is 5.34. The first-order chi connectivity index (χ1) is 6.74. The van der Waals surface area contributed by atoms with Crippen LogP contribution in [0.5, 0.6) is 5.88 Å². The number of hydrogen-bond acceptors (Lipinski definition) is 4. The number of aromatic nitrogens is 2. The topological polar surface area (TPSA) is 61.0 Å². The lowest BCUT2D eigenvalue weighted by molar-refractivity contribution is 0.395. The van der Waals surface area contributed by atoms with E-state index in [-0.39, 0.29) is 6.04 Å². The molecule has 0 aliphatic carbocycles. The SMILES string of the molecule is COc1ncncc1/C=C/C[C@H](C)N. The molecule has 0 bridgehead atoms. The predicted octanol–water partition coefficient (Wildman–Crippen LogP) is 1.24. The minimum absolute atomic E-state index is 0.168. The molecule has 0 radical (unpaired) electrons. The maximum Gasteiger partial charge on any atom is 0.223 e. The lowest BCUT2D eigenvalue weighted by Crippen LogP contribution is -2.12. The molecule has 14 heavy (non-hydrogen) atoms.